The number of aromatic nitrogens is 1. The van der Waals surface area contributed by atoms with Crippen LogP contribution in [0.3, 0.4) is 0 Å². The Bertz CT molecular complexity index is 1240. The van der Waals surface area contributed by atoms with Crippen LogP contribution in [0.2, 0.25) is 0 Å². The van der Waals surface area contributed by atoms with Gasteiger partial charge in [0.2, 0.25) is 11.8 Å². The number of rotatable bonds is 6. The third-order valence-electron chi connectivity index (χ3n) is 7.10. The number of benzene rings is 1. The van der Waals surface area contributed by atoms with Crippen LogP contribution in [0.4, 0.5) is 0 Å². The smallest absolute Gasteiger partial charge is 0.256 e. The average molecular weight is 519 g/mol. The van der Waals surface area contributed by atoms with Crippen LogP contribution in [0.5, 0.6) is 0 Å². The molecule has 3 aromatic rings. The van der Waals surface area contributed by atoms with E-state index in [9.17, 15) is 14.4 Å². The molecule has 1 aromatic carbocycles. The Morgan fingerprint density at radius 1 is 1.08 bits per heavy atom. The number of likely N-dealkylation sites (tertiary alicyclic amines) is 1. The van der Waals surface area contributed by atoms with Gasteiger partial charge in [-0.25, -0.2) is 0 Å². The molecule has 2 fully saturated rings. The number of nitrogens with one attached hydrogen (secondary N) is 1. The van der Waals surface area contributed by atoms with Gasteiger partial charge in [-0.3, -0.25) is 24.3 Å². The molecular weight excluding hydrogens is 488 g/mol. The van der Waals surface area contributed by atoms with E-state index in [1.807, 2.05) is 53.6 Å². The van der Waals surface area contributed by atoms with Gasteiger partial charge in [0.1, 0.15) is 11.8 Å². The number of hydrogen-bond acceptors (Lipinski definition) is 6. The topological polar surface area (TPSA) is 91.8 Å². The largest absolute Gasteiger partial charge is 0.353 e. The third-order valence-corrected chi connectivity index (χ3v) is 7.98. The fourth-order valence-electron chi connectivity index (χ4n) is 4.99. The molecule has 2 saturated heterocycles. The molecule has 37 heavy (non-hydrogen) atoms. The lowest BCUT2D eigenvalue weighted by Crippen LogP contribution is -2.59. The quantitative estimate of drug-likeness (QED) is 0.541. The molecule has 9 heteroatoms. The molecule has 2 aromatic heterocycles. The highest BCUT2D eigenvalue weighted by Crippen LogP contribution is 2.38. The molecule has 0 bridgehead atoms. The number of amides is 3. The van der Waals surface area contributed by atoms with Crippen molar-refractivity contribution in [1.29, 1.82) is 0 Å². The number of nitrogens with zero attached hydrogens (tertiary/aromatic N) is 3. The van der Waals surface area contributed by atoms with E-state index in [0.717, 1.165) is 16.0 Å². The van der Waals surface area contributed by atoms with Crippen LogP contribution in [-0.2, 0) is 27.3 Å². The summed E-state index contributed by atoms with van der Waals surface area (Å²) in [5.41, 5.74) is 1.55. The van der Waals surface area contributed by atoms with Gasteiger partial charge in [-0.1, -0.05) is 23.8 Å². The zero-order chi connectivity index (χ0) is 25.8. The van der Waals surface area contributed by atoms with E-state index in [-0.39, 0.29) is 24.3 Å². The average Bonchev–Trinajstić information content (AvgIpc) is 3.56. The minimum Gasteiger partial charge on any atom is -0.353 e. The monoisotopic (exact) mass is 518 g/mol. The van der Waals surface area contributed by atoms with Crippen molar-refractivity contribution in [3.05, 3.63) is 87.9 Å². The summed E-state index contributed by atoms with van der Waals surface area (Å²) in [6, 6.07) is 14.2. The second-order valence-corrected chi connectivity index (χ2v) is 10.6. The van der Waals surface area contributed by atoms with Crippen molar-refractivity contribution in [1.82, 2.24) is 20.1 Å². The molecule has 1 N–H and O–H groups in total. The molecular formula is C28H30N4O4S. The first-order valence-electron chi connectivity index (χ1n) is 12.5. The minimum absolute atomic E-state index is 0.0679. The van der Waals surface area contributed by atoms with Crippen LogP contribution in [0.1, 0.15) is 39.2 Å². The van der Waals surface area contributed by atoms with Crippen molar-refractivity contribution in [2.24, 2.45) is 0 Å². The Kier molecular flexibility index (Phi) is 7.34. The van der Waals surface area contributed by atoms with Gasteiger partial charge in [0.15, 0.2) is 0 Å². The molecule has 1 atom stereocenters. The van der Waals surface area contributed by atoms with E-state index in [1.54, 1.807) is 40.8 Å². The predicted octanol–water partition coefficient (Wildman–Crippen LogP) is 3.17. The van der Waals surface area contributed by atoms with E-state index in [4.69, 9.17) is 4.74 Å². The molecule has 5 rings (SSSR count). The highest BCUT2D eigenvalue weighted by molar-refractivity contribution is 7.10. The van der Waals surface area contributed by atoms with Gasteiger partial charge < -0.3 is 15.0 Å². The molecule has 4 heterocycles. The number of carbonyl (C=O) groups excluding carboxylic acids is 3. The van der Waals surface area contributed by atoms with Crippen molar-refractivity contribution in [2.75, 3.05) is 19.7 Å². The number of piperidine rings is 1. The molecule has 2 aliphatic heterocycles. The zero-order valence-corrected chi connectivity index (χ0v) is 21.6. The summed E-state index contributed by atoms with van der Waals surface area (Å²) in [6.07, 6.45) is 4.63. The minimum atomic E-state index is -0.930. The van der Waals surface area contributed by atoms with E-state index in [1.165, 1.54) is 0 Å². The second-order valence-electron chi connectivity index (χ2n) is 9.52. The predicted molar refractivity (Wildman–Crippen MR) is 140 cm³/mol. The standard InChI is InChI=1S/C28H30N4O4S/c1-20-4-6-22(7-5-20)27(35)32-24(26(34)30-18-21-8-12-29-13-9-21)19-36-28(32)10-14-31(15-11-28)25(33)17-23-3-2-16-37-23/h2-9,12-13,16,24H,10-11,14-15,17-19H2,1H3,(H,30,34). The summed E-state index contributed by atoms with van der Waals surface area (Å²) >= 11 is 1.57. The Hall–Kier alpha value is -3.56. The van der Waals surface area contributed by atoms with Crippen molar-refractivity contribution in [3.8, 4) is 0 Å². The second kappa shape index (κ2) is 10.8. The first kappa shape index (κ1) is 25.1. The third kappa shape index (κ3) is 5.42. The van der Waals surface area contributed by atoms with Gasteiger partial charge in [0, 0.05) is 55.3 Å². The number of aryl methyl sites for hydroxylation is 1. The maximum Gasteiger partial charge on any atom is 0.256 e. The number of hydrogen-bond donors (Lipinski definition) is 1. The van der Waals surface area contributed by atoms with Crippen molar-refractivity contribution < 1.29 is 19.1 Å². The molecule has 3 amide bonds. The summed E-state index contributed by atoms with van der Waals surface area (Å²) in [5, 5.41) is 4.92. The lowest BCUT2D eigenvalue weighted by atomic mass is 9.96. The zero-order valence-electron chi connectivity index (χ0n) is 20.8. The van der Waals surface area contributed by atoms with Crippen LogP contribution in [0.15, 0.2) is 66.3 Å². The highest BCUT2D eigenvalue weighted by Gasteiger charge is 2.54. The number of thiophene rings is 1. The summed E-state index contributed by atoms with van der Waals surface area (Å²) in [4.78, 5) is 48.5. The molecule has 192 valence electrons. The number of carbonyl (C=O) groups is 3. The molecule has 1 spiro atoms. The van der Waals surface area contributed by atoms with Crippen molar-refractivity contribution in [3.63, 3.8) is 0 Å². The van der Waals surface area contributed by atoms with Crippen LogP contribution in [-0.4, -0.2) is 64.0 Å². The number of pyridine rings is 1. The van der Waals surface area contributed by atoms with Crippen LogP contribution in [0.25, 0.3) is 0 Å². The Labute approximate surface area is 220 Å². The summed E-state index contributed by atoms with van der Waals surface area (Å²) in [5.74, 6) is -0.427. The fraction of sp³-hybridized carbons (Fsp3) is 0.357. The van der Waals surface area contributed by atoms with Crippen LogP contribution >= 0.6 is 11.3 Å². The summed E-state index contributed by atoms with van der Waals surface area (Å²) in [7, 11) is 0. The van der Waals surface area contributed by atoms with E-state index in [2.05, 4.69) is 10.3 Å². The molecule has 0 radical (unpaired) electrons. The molecule has 1 unspecified atom stereocenters. The lowest BCUT2D eigenvalue weighted by molar-refractivity contribution is -0.143. The highest BCUT2D eigenvalue weighted by atomic mass is 32.1. The summed E-state index contributed by atoms with van der Waals surface area (Å²) in [6.45, 7) is 3.35. The van der Waals surface area contributed by atoms with Gasteiger partial charge in [0.05, 0.1) is 13.0 Å². The van der Waals surface area contributed by atoms with Gasteiger partial charge in [-0.05, 0) is 48.2 Å². The fourth-order valence-corrected chi connectivity index (χ4v) is 5.69. The lowest BCUT2D eigenvalue weighted by Gasteiger charge is -2.44. The Morgan fingerprint density at radius 3 is 2.49 bits per heavy atom. The molecule has 0 saturated carbocycles. The van der Waals surface area contributed by atoms with E-state index in [0.29, 0.717) is 44.5 Å². The maximum atomic E-state index is 13.8. The Balaban J connectivity index is 1.33. The van der Waals surface area contributed by atoms with E-state index < -0.39 is 11.8 Å². The normalized spacial score (nSPS) is 18.7. The van der Waals surface area contributed by atoms with Crippen LogP contribution in [0, 0.1) is 6.92 Å². The molecule has 2 aliphatic rings. The van der Waals surface area contributed by atoms with Crippen molar-refractivity contribution in [2.45, 2.75) is 44.5 Å². The molecule has 0 aliphatic carbocycles. The number of ether oxygens (including phenoxy) is 1. The van der Waals surface area contributed by atoms with Gasteiger partial charge >= 0.3 is 0 Å². The van der Waals surface area contributed by atoms with Gasteiger partial charge in [-0.15, -0.1) is 11.3 Å². The van der Waals surface area contributed by atoms with Gasteiger partial charge in [-0.2, -0.15) is 0 Å². The van der Waals surface area contributed by atoms with Crippen molar-refractivity contribution >= 4 is 29.1 Å². The van der Waals surface area contributed by atoms with Crippen LogP contribution < -0.4 is 5.32 Å². The first-order valence-corrected chi connectivity index (χ1v) is 13.3. The van der Waals surface area contributed by atoms with Gasteiger partial charge in [0.25, 0.3) is 5.91 Å². The SMILES string of the molecule is Cc1ccc(C(=O)N2C(C(=O)NCc3ccncc3)COC23CCN(C(=O)Cc2cccs2)CC3)cc1. The maximum absolute atomic E-state index is 13.8. The summed E-state index contributed by atoms with van der Waals surface area (Å²) < 4.78 is 6.28. The first-order chi connectivity index (χ1) is 17.9. The molecule has 8 nitrogen and oxygen atoms in total. The van der Waals surface area contributed by atoms with E-state index >= 15 is 0 Å². The Morgan fingerprint density at radius 2 is 1.81 bits per heavy atom.